The van der Waals surface area contributed by atoms with Gasteiger partial charge in [0.25, 0.3) is 0 Å². The van der Waals surface area contributed by atoms with Crippen molar-refractivity contribution in [2.45, 2.75) is 25.8 Å². The zero-order valence-corrected chi connectivity index (χ0v) is 10.9. The molecule has 0 aliphatic carbocycles. The molecule has 0 radical (unpaired) electrons. The Morgan fingerprint density at radius 1 is 1.37 bits per heavy atom. The summed E-state index contributed by atoms with van der Waals surface area (Å²) >= 11 is 0. The van der Waals surface area contributed by atoms with Crippen LogP contribution in [-0.4, -0.2) is 25.7 Å². The van der Waals surface area contributed by atoms with Crippen LogP contribution in [0.25, 0.3) is 0 Å². The fourth-order valence-electron chi connectivity index (χ4n) is 1.58. The average Bonchev–Trinajstić information content (AvgIpc) is 2.31. The zero-order chi connectivity index (χ0) is 14.4. The summed E-state index contributed by atoms with van der Waals surface area (Å²) < 4.78 is 36.6. The molecule has 0 heterocycles. The molecule has 1 aromatic rings. The lowest BCUT2D eigenvalue weighted by Crippen LogP contribution is -2.18. The van der Waals surface area contributed by atoms with Crippen LogP contribution in [-0.2, 0) is 16.0 Å². The van der Waals surface area contributed by atoms with Gasteiger partial charge in [-0.15, -0.1) is 0 Å². The Hall–Kier alpha value is -1.69. The van der Waals surface area contributed by atoms with E-state index in [4.69, 9.17) is 10.5 Å². The van der Waals surface area contributed by atoms with Crippen LogP contribution in [0.15, 0.2) is 12.1 Å². The summed E-state index contributed by atoms with van der Waals surface area (Å²) in [6.45, 7) is 1.60. The molecule has 6 heteroatoms. The molecule has 0 bridgehead atoms. The van der Waals surface area contributed by atoms with Gasteiger partial charge in [0.1, 0.15) is 0 Å². The number of hydrogen-bond donors (Lipinski definition) is 1. The maximum atomic E-state index is 13.6. The smallest absolute Gasteiger partial charge is 0.308 e. The van der Waals surface area contributed by atoms with Crippen molar-refractivity contribution in [3.05, 3.63) is 29.3 Å². The Kier molecular flexibility index (Phi) is 5.69. The summed E-state index contributed by atoms with van der Waals surface area (Å²) in [6.07, 6.45) is 0.299. The van der Waals surface area contributed by atoms with Crippen LogP contribution in [0.5, 0.6) is 5.75 Å². The second-order valence-corrected chi connectivity index (χ2v) is 4.24. The third-order valence-corrected chi connectivity index (χ3v) is 2.40. The molecule has 0 amide bonds. The number of nitrogens with two attached hydrogens (primary N) is 1. The minimum Gasteiger partial charge on any atom is -0.487 e. The van der Waals surface area contributed by atoms with E-state index in [1.165, 1.54) is 19.2 Å². The van der Waals surface area contributed by atoms with Gasteiger partial charge in [-0.05, 0) is 31.0 Å². The molecule has 1 unspecified atom stereocenters. The summed E-state index contributed by atoms with van der Waals surface area (Å²) in [4.78, 5) is 10.8. The van der Waals surface area contributed by atoms with Gasteiger partial charge >= 0.3 is 5.97 Å². The number of halogens is 2. The number of methoxy groups -OCH3 is 1. The predicted octanol–water partition coefficient (Wildman–Crippen LogP) is 1.80. The minimum atomic E-state index is -0.805. The second kappa shape index (κ2) is 7.04. The molecule has 0 saturated carbocycles. The van der Waals surface area contributed by atoms with Gasteiger partial charge in [0, 0.05) is 6.04 Å². The molecule has 1 aromatic carbocycles. The molecule has 106 valence electrons. The molecule has 1 atom stereocenters. The summed E-state index contributed by atoms with van der Waals surface area (Å²) in [5.41, 5.74) is 6.03. The Labute approximate surface area is 110 Å². The first kappa shape index (κ1) is 15.4. The third kappa shape index (κ3) is 4.82. The maximum Gasteiger partial charge on any atom is 0.308 e. The fraction of sp³-hybridized carbons (Fsp3) is 0.462. The van der Waals surface area contributed by atoms with E-state index in [9.17, 15) is 13.6 Å². The van der Waals surface area contributed by atoms with E-state index in [0.29, 0.717) is 12.0 Å². The lowest BCUT2D eigenvalue weighted by molar-refractivity contribution is -0.141. The summed E-state index contributed by atoms with van der Waals surface area (Å²) in [6, 6.07) is 2.17. The fourth-order valence-corrected chi connectivity index (χ4v) is 1.58. The molecular formula is C13H17F2NO3. The summed E-state index contributed by atoms with van der Waals surface area (Å²) in [5, 5.41) is 0. The van der Waals surface area contributed by atoms with Crippen molar-refractivity contribution in [1.29, 1.82) is 0 Å². The Balaban J connectivity index is 2.71. The molecule has 0 spiro atoms. The number of ether oxygens (including phenoxy) is 2. The van der Waals surface area contributed by atoms with E-state index in [0.717, 1.165) is 0 Å². The Morgan fingerprint density at radius 2 is 1.95 bits per heavy atom. The minimum absolute atomic E-state index is 0.0725. The van der Waals surface area contributed by atoms with Gasteiger partial charge in [-0.2, -0.15) is 0 Å². The SMILES string of the molecule is COC(=O)CCOc1c(F)cc(CC(C)N)cc1F. The topological polar surface area (TPSA) is 61.5 Å². The van der Waals surface area contributed by atoms with Gasteiger partial charge in [0.2, 0.25) is 0 Å². The number of carbonyl (C=O) groups excluding carboxylic acids is 1. The summed E-state index contributed by atoms with van der Waals surface area (Å²) in [5.74, 6) is -2.60. The lowest BCUT2D eigenvalue weighted by Gasteiger charge is -2.11. The highest BCUT2D eigenvalue weighted by Gasteiger charge is 2.14. The van der Waals surface area contributed by atoms with Crippen LogP contribution in [0, 0.1) is 11.6 Å². The van der Waals surface area contributed by atoms with E-state index in [-0.39, 0.29) is 19.1 Å². The van der Waals surface area contributed by atoms with Gasteiger partial charge in [0.05, 0.1) is 20.1 Å². The first-order valence-electron chi connectivity index (χ1n) is 5.87. The van der Waals surface area contributed by atoms with Crippen LogP contribution in [0.2, 0.25) is 0 Å². The van der Waals surface area contributed by atoms with Gasteiger partial charge in [-0.3, -0.25) is 4.79 Å². The highest BCUT2D eigenvalue weighted by molar-refractivity contribution is 5.69. The zero-order valence-electron chi connectivity index (χ0n) is 10.9. The molecule has 4 nitrogen and oxygen atoms in total. The molecule has 19 heavy (non-hydrogen) atoms. The van der Waals surface area contributed by atoms with Crippen LogP contribution in [0.4, 0.5) is 8.78 Å². The van der Waals surface area contributed by atoms with Gasteiger partial charge in [-0.25, -0.2) is 8.78 Å². The number of carbonyl (C=O) groups is 1. The molecule has 0 fully saturated rings. The highest BCUT2D eigenvalue weighted by atomic mass is 19.1. The summed E-state index contributed by atoms with van der Waals surface area (Å²) in [7, 11) is 1.23. The van der Waals surface area contributed by atoms with Crippen molar-refractivity contribution in [1.82, 2.24) is 0 Å². The average molecular weight is 273 g/mol. The van der Waals surface area contributed by atoms with Crippen molar-refractivity contribution in [2.75, 3.05) is 13.7 Å². The first-order chi connectivity index (χ1) is 8.93. The molecule has 1 rings (SSSR count). The maximum absolute atomic E-state index is 13.6. The lowest BCUT2D eigenvalue weighted by atomic mass is 10.1. The van der Waals surface area contributed by atoms with Crippen molar-refractivity contribution in [2.24, 2.45) is 5.73 Å². The molecule has 0 saturated heterocycles. The standard InChI is InChI=1S/C13H17F2NO3/c1-8(16)5-9-6-10(14)13(11(15)7-9)19-4-3-12(17)18-2/h6-8H,3-5,16H2,1-2H3. The molecule has 0 aliphatic rings. The predicted molar refractivity (Wildman–Crippen MR) is 65.8 cm³/mol. The largest absolute Gasteiger partial charge is 0.487 e. The third-order valence-electron chi connectivity index (χ3n) is 2.40. The van der Waals surface area contributed by atoms with Gasteiger partial charge in [0.15, 0.2) is 17.4 Å². The van der Waals surface area contributed by atoms with E-state index >= 15 is 0 Å². The quantitative estimate of drug-likeness (QED) is 0.803. The van der Waals surface area contributed by atoms with Gasteiger partial charge in [-0.1, -0.05) is 0 Å². The van der Waals surface area contributed by atoms with E-state index < -0.39 is 23.4 Å². The van der Waals surface area contributed by atoms with Gasteiger partial charge < -0.3 is 15.2 Å². The molecular weight excluding hydrogens is 256 g/mol. The number of rotatable bonds is 6. The van der Waals surface area contributed by atoms with Crippen molar-refractivity contribution in [3.8, 4) is 5.75 Å². The van der Waals surface area contributed by atoms with Crippen LogP contribution < -0.4 is 10.5 Å². The molecule has 2 N–H and O–H groups in total. The van der Waals surface area contributed by atoms with Crippen molar-refractivity contribution in [3.63, 3.8) is 0 Å². The number of esters is 1. The van der Waals surface area contributed by atoms with Crippen LogP contribution >= 0.6 is 0 Å². The van der Waals surface area contributed by atoms with E-state index in [1.54, 1.807) is 6.92 Å². The number of benzene rings is 1. The highest BCUT2D eigenvalue weighted by Crippen LogP contribution is 2.24. The molecule has 0 aromatic heterocycles. The van der Waals surface area contributed by atoms with E-state index in [1.807, 2.05) is 0 Å². The normalized spacial score (nSPS) is 12.1. The van der Waals surface area contributed by atoms with Crippen molar-refractivity contribution < 1.29 is 23.0 Å². The Morgan fingerprint density at radius 3 is 2.42 bits per heavy atom. The van der Waals surface area contributed by atoms with Crippen LogP contribution in [0.1, 0.15) is 18.9 Å². The Bertz CT molecular complexity index is 427. The van der Waals surface area contributed by atoms with Crippen LogP contribution in [0.3, 0.4) is 0 Å². The first-order valence-corrected chi connectivity index (χ1v) is 5.87. The number of hydrogen-bond acceptors (Lipinski definition) is 4. The molecule has 0 aliphatic heterocycles. The second-order valence-electron chi connectivity index (χ2n) is 4.24. The van der Waals surface area contributed by atoms with E-state index in [2.05, 4.69) is 4.74 Å². The van der Waals surface area contributed by atoms with Crippen molar-refractivity contribution >= 4 is 5.97 Å². The monoisotopic (exact) mass is 273 g/mol.